The second kappa shape index (κ2) is 5.94. The Morgan fingerprint density at radius 2 is 2.42 bits per heavy atom. The maximum atomic E-state index is 11.0. The number of rotatable bonds is 5. The van der Waals surface area contributed by atoms with Crippen molar-refractivity contribution in [3.8, 4) is 0 Å². The summed E-state index contributed by atoms with van der Waals surface area (Å²) in [6.45, 7) is 4.52. The van der Waals surface area contributed by atoms with Gasteiger partial charge >= 0.3 is 5.69 Å². The molecule has 0 radical (unpaired) electrons. The van der Waals surface area contributed by atoms with Gasteiger partial charge in [-0.1, -0.05) is 17.7 Å². The molecule has 0 aliphatic carbocycles. The molecule has 1 saturated heterocycles. The molecule has 1 fully saturated rings. The van der Waals surface area contributed by atoms with Crippen molar-refractivity contribution in [3.05, 3.63) is 33.7 Å². The first-order chi connectivity index (χ1) is 9.13. The Kier molecular flexibility index (Phi) is 4.28. The number of nitrogens with zero attached hydrogens (tertiary/aromatic N) is 3. The Balaban J connectivity index is 2.39. The van der Waals surface area contributed by atoms with Crippen molar-refractivity contribution < 1.29 is 9.66 Å². The van der Waals surface area contributed by atoms with E-state index in [1.807, 2.05) is 0 Å². The molecule has 1 aliphatic heterocycles. The summed E-state index contributed by atoms with van der Waals surface area (Å²) in [6, 6.07) is 0. The quantitative estimate of drug-likeness (QED) is 0.387. The number of ether oxygens (including phenoxy) is 1. The maximum absolute atomic E-state index is 11.0. The summed E-state index contributed by atoms with van der Waals surface area (Å²) in [5.41, 5.74) is -0.328. The molecule has 0 spiro atoms. The molecule has 1 unspecified atom stereocenters. The van der Waals surface area contributed by atoms with Gasteiger partial charge in [0.1, 0.15) is 6.10 Å². The summed E-state index contributed by atoms with van der Waals surface area (Å²) in [6.07, 6.45) is 3.03. The fourth-order valence-electron chi connectivity index (χ4n) is 1.82. The van der Waals surface area contributed by atoms with Crippen molar-refractivity contribution >= 4 is 23.1 Å². The molecule has 19 heavy (non-hydrogen) atoms. The smallest absolute Gasteiger partial charge is 0.348 e. The van der Waals surface area contributed by atoms with Crippen molar-refractivity contribution in [3.63, 3.8) is 0 Å². The number of hydrogen-bond acceptors (Lipinski definition) is 6. The van der Waals surface area contributed by atoms with E-state index in [1.54, 1.807) is 6.08 Å². The standard InChI is InChI=1S/C11H13ClN4O3/c1-2-5-13-11-8(16(17)18)9(12)14-10(15-11)7-4-3-6-19-7/h2,7H,1,3-6H2,(H,13,14,15). The summed E-state index contributed by atoms with van der Waals surface area (Å²) in [7, 11) is 0. The average Bonchev–Trinajstić information content (AvgIpc) is 2.88. The summed E-state index contributed by atoms with van der Waals surface area (Å²) in [4.78, 5) is 18.5. The van der Waals surface area contributed by atoms with Gasteiger partial charge in [0.05, 0.1) is 4.92 Å². The van der Waals surface area contributed by atoms with Crippen LogP contribution >= 0.6 is 11.6 Å². The zero-order valence-electron chi connectivity index (χ0n) is 10.1. The predicted molar refractivity (Wildman–Crippen MR) is 70.3 cm³/mol. The number of nitrogens with one attached hydrogen (secondary N) is 1. The fourth-order valence-corrected chi connectivity index (χ4v) is 2.07. The largest absolute Gasteiger partial charge is 0.370 e. The minimum atomic E-state index is -0.604. The minimum Gasteiger partial charge on any atom is -0.370 e. The van der Waals surface area contributed by atoms with Gasteiger partial charge in [0, 0.05) is 13.2 Å². The van der Waals surface area contributed by atoms with Crippen LogP contribution in [0.25, 0.3) is 0 Å². The average molecular weight is 285 g/mol. The molecule has 0 bridgehead atoms. The second-order valence-electron chi connectivity index (χ2n) is 4.00. The normalized spacial score (nSPS) is 18.3. The highest BCUT2D eigenvalue weighted by Crippen LogP contribution is 2.34. The predicted octanol–water partition coefficient (Wildman–Crippen LogP) is 2.49. The van der Waals surface area contributed by atoms with E-state index in [0.717, 1.165) is 12.8 Å². The van der Waals surface area contributed by atoms with Gasteiger partial charge in [0.25, 0.3) is 0 Å². The third-order valence-electron chi connectivity index (χ3n) is 2.67. The van der Waals surface area contributed by atoms with Crippen LogP contribution in [0, 0.1) is 10.1 Å². The van der Waals surface area contributed by atoms with Gasteiger partial charge in [-0.2, -0.15) is 0 Å². The molecular formula is C11H13ClN4O3. The molecule has 102 valence electrons. The molecule has 0 saturated carbocycles. The van der Waals surface area contributed by atoms with E-state index in [1.165, 1.54) is 0 Å². The van der Waals surface area contributed by atoms with Crippen molar-refractivity contribution in [1.82, 2.24) is 9.97 Å². The first-order valence-electron chi connectivity index (χ1n) is 5.81. The maximum Gasteiger partial charge on any atom is 0.348 e. The Morgan fingerprint density at radius 3 is 3.00 bits per heavy atom. The summed E-state index contributed by atoms with van der Waals surface area (Å²) >= 11 is 5.87. The molecule has 8 heteroatoms. The van der Waals surface area contributed by atoms with E-state index in [4.69, 9.17) is 16.3 Å². The van der Waals surface area contributed by atoms with Crippen LogP contribution in [0.15, 0.2) is 12.7 Å². The molecule has 1 N–H and O–H groups in total. The molecule has 0 aromatic carbocycles. The van der Waals surface area contributed by atoms with Crippen LogP contribution in [-0.2, 0) is 4.74 Å². The first-order valence-corrected chi connectivity index (χ1v) is 6.19. The molecule has 0 amide bonds. The first kappa shape index (κ1) is 13.7. The van der Waals surface area contributed by atoms with Crippen molar-refractivity contribution in [1.29, 1.82) is 0 Å². The van der Waals surface area contributed by atoms with Crippen LogP contribution in [0.3, 0.4) is 0 Å². The van der Waals surface area contributed by atoms with Crippen LogP contribution in [0.1, 0.15) is 24.8 Å². The zero-order chi connectivity index (χ0) is 13.8. The van der Waals surface area contributed by atoms with Crippen LogP contribution < -0.4 is 5.32 Å². The lowest BCUT2D eigenvalue weighted by atomic mass is 10.2. The summed E-state index contributed by atoms with van der Waals surface area (Å²) in [5, 5.41) is 13.6. The molecule has 1 aromatic heterocycles. The van der Waals surface area contributed by atoms with Crippen molar-refractivity contribution in [2.75, 3.05) is 18.5 Å². The molecular weight excluding hydrogens is 272 g/mol. The van der Waals surface area contributed by atoms with Crippen molar-refractivity contribution in [2.24, 2.45) is 0 Å². The van der Waals surface area contributed by atoms with Gasteiger partial charge in [-0.05, 0) is 12.8 Å². The Labute approximate surface area is 114 Å². The molecule has 2 heterocycles. The summed E-state index contributed by atoms with van der Waals surface area (Å²) in [5.74, 6) is 0.468. The zero-order valence-corrected chi connectivity index (χ0v) is 10.9. The molecule has 1 aliphatic rings. The van der Waals surface area contributed by atoms with Crippen LogP contribution in [0.5, 0.6) is 0 Å². The SMILES string of the molecule is C=CCNc1nc(C2CCCO2)nc(Cl)c1[N+](=O)[O-]. The van der Waals surface area contributed by atoms with E-state index >= 15 is 0 Å². The number of aromatic nitrogens is 2. The van der Waals surface area contributed by atoms with E-state index in [9.17, 15) is 10.1 Å². The highest BCUT2D eigenvalue weighted by molar-refractivity contribution is 6.31. The second-order valence-corrected chi connectivity index (χ2v) is 4.36. The third-order valence-corrected chi connectivity index (χ3v) is 2.94. The lowest BCUT2D eigenvalue weighted by Gasteiger charge is -2.11. The van der Waals surface area contributed by atoms with Crippen molar-refractivity contribution in [2.45, 2.75) is 18.9 Å². The van der Waals surface area contributed by atoms with Gasteiger partial charge in [-0.25, -0.2) is 9.97 Å². The third kappa shape index (κ3) is 2.99. The minimum absolute atomic E-state index is 0.0930. The van der Waals surface area contributed by atoms with Gasteiger partial charge in [-0.15, -0.1) is 6.58 Å². The molecule has 7 nitrogen and oxygen atoms in total. The topological polar surface area (TPSA) is 90.2 Å². The van der Waals surface area contributed by atoms with Crippen LogP contribution in [0.2, 0.25) is 5.15 Å². The Morgan fingerprint density at radius 1 is 1.63 bits per heavy atom. The number of halogens is 1. The number of nitro groups is 1. The monoisotopic (exact) mass is 284 g/mol. The number of anilines is 1. The Hall–Kier alpha value is -1.73. The summed E-state index contributed by atoms with van der Waals surface area (Å²) < 4.78 is 5.45. The fraction of sp³-hybridized carbons (Fsp3) is 0.455. The lowest BCUT2D eigenvalue weighted by Crippen LogP contribution is -2.11. The molecule has 1 aromatic rings. The highest BCUT2D eigenvalue weighted by atomic mass is 35.5. The molecule has 1 atom stereocenters. The van der Waals surface area contributed by atoms with Gasteiger partial charge < -0.3 is 10.1 Å². The Bertz CT molecular complexity index is 503. The van der Waals surface area contributed by atoms with E-state index in [0.29, 0.717) is 19.0 Å². The van der Waals surface area contributed by atoms with E-state index < -0.39 is 4.92 Å². The molecule has 2 rings (SSSR count). The van der Waals surface area contributed by atoms with E-state index in [2.05, 4.69) is 21.9 Å². The van der Waals surface area contributed by atoms with Gasteiger partial charge in [0.2, 0.25) is 11.0 Å². The highest BCUT2D eigenvalue weighted by Gasteiger charge is 2.28. The van der Waals surface area contributed by atoms with Crippen LogP contribution in [-0.4, -0.2) is 28.0 Å². The lowest BCUT2D eigenvalue weighted by molar-refractivity contribution is -0.384. The van der Waals surface area contributed by atoms with Crippen LogP contribution in [0.4, 0.5) is 11.5 Å². The van der Waals surface area contributed by atoms with Gasteiger partial charge in [-0.3, -0.25) is 10.1 Å². The van der Waals surface area contributed by atoms with E-state index in [-0.39, 0.29) is 22.8 Å². The number of hydrogen-bond donors (Lipinski definition) is 1. The van der Waals surface area contributed by atoms with Gasteiger partial charge in [0.15, 0.2) is 5.82 Å².